The van der Waals surface area contributed by atoms with Gasteiger partial charge in [-0.15, -0.1) is 0 Å². The predicted molar refractivity (Wildman–Crippen MR) is 146 cm³/mol. The van der Waals surface area contributed by atoms with E-state index in [4.69, 9.17) is 10.5 Å². The molecule has 1 unspecified atom stereocenters. The number of carbonyl (C=O) groups excluding carboxylic acids is 1. The second-order valence-electron chi connectivity index (χ2n) is 9.71. The van der Waals surface area contributed by atoms with E-state index in [1.54, 1.807) is 6.33 Å². The number of nitrogens with two attached hydrogens (primary N) is 1. The van der Waals surface area contributed by atoms with E-state index in [1.165, 1.54) is 0 Å². The van der Waals surface area contributed by atoms with Gasteiger partial charge in [0.05, 0.1) is 25.0 Å². The standard InChI is InChI=1S/C28H31N7O2/c29-21-8-9-35(17-21)23-3-1-2-19(14-23)15-26(36)32-22-6-4-20(5-7-22)25-16-24-27(33-25)30-18-31-28(24)34-10-12-37-13-11-34/h1-7,14,16,18,21H,8-13,15,17,29H2,(H,32,36)(H,30,31,33). The molecular weight excluding hydrogens is 466 g/mol. The van der Waals surface area contributed by atoms with Crippen LogP contribution in [0.1, 0.15) is 12.0 Å². The summed E-state index contributed by atoms with van der Waals surface area (Å²) in [6, 6.07) is 18.3. The predicted octanol–water partition coefficient (Wildman–Crippen LogP) is 3.18. The number of rotatable bonds is 6. The van der Waals surface area contributed by atoms with Gasteiger partial charge in [0.2, 0.25) is 5.91 Å². The first-order valence-electron chi connectivity index (χ1n) is 12.8. The molecule has 0 aliphatic carbocycles. The number of aromatic nitrogens is 3. The Morgan fingerprint density at radius 2 is 1.89 bits per heavy atom. The molecule has 0 radical (unpaired) electrons. The van der Waals surface area contributed by atoms with Crippen molar-refractivity contribution in [2.45, 2.75) is 18.9 Å². The van der Waals surface area contributed by atoms with E-state index < -0.39 is 0 Å². The molecular formula is C28H31N7O2. The molecule has 4 heterocycles. The molecule has 9 nitrogen and oxygen atoms in total. The Hall–Kier alpha value is -3.95. The summed E-state index contributed by atoms with van der Waals surface area (Å²) in [6.07, 6.45) is 2.92. The maximum Gasteiger partial charge on any atom is 0.228 e. The van der Waals surface area contributed by atoms with Gasteiger partial charge in [-0.05, 0) is 47.9 Å². The summed E-state index contributed by atoms with van der Waals surface area (Å²) in [7, 11) is 0. The summed E-state index contributed by atoms with van der Waals surface area (Å²) >= 11 is 0. The van der Waals surface area contributed by atoms with Crippen molar-refractivity contribution >= 4 is 34.1 Å². The lowest BCUT2D eigenvalue weighted by Crippen LogP contribution is -2.36. The Labute approximate surface area is 215 Å². The van der Waals surface area contributed by atoms with Crippen LogP contribution >= 0.6 is 0 Å². The third-order valence-corrected chi connectivity index (χ3v) is 7.06. The topological polar surface area (TPSA) is 112 Å². The van der Waals surface area contributed by atoms with Crippen LogP contribution in [0.4, 0.5) is 17.2 Å². The third-order valence-electron chi connectivity index (χ3n) is 7.06. The van der Waals surface area contributed by atoms with Crippen LogP contribution in [0.2, 0.25) is 0 Å². The minimum absolute atomic E-state index is 0.0425. The molecule has 2 aliphatic rings. The van der Waals surface area contributed by atoms with Crippen molar-refractivity contribution in [3.63, 3.8) is 0 Å². The smallest absolute Gasteiger partial charge is 0.228 e. The first-order chi connectivity index (χ1) is 18.1. The molecule has 2 aliphatic heterocycles. The molecule has 0 bridgehead atoms. The lowest BCUT2D eigenvalue weighted by atomic mass is 10.1. The SMILES string of the molecule is NC1CCN(c2cccc(CC(=O)Nc3ccc(-c4cc5c(N6CCOCC6)ncnc5[nH]4)cc3)c2)C1. The fourth-order valence-corrected chi connectivity index (χ4v) is 5.12. The van der Waals surface area contributed by atoms with Crippen LogP contribution in [0.15, 0.2) is 60.9 Å². The largest absolute Gasteiger partial charge is 0.378 e. The molecule has 1 atom stereocenters. The Bertz CT molecular complexity index is 1400. The van der Waals surface area contributed by atoms with Crippen LogP contribution in [0.3, 0.4) is 0 Å². The fraction of sp³-hybridized carbons (Fsp3) is 0.321. The molecule has 2 aromatic carbocycles. The third kappa shape index (κ3) is 5.14. The second kappa shape index (κ2) is 10.2. The van der Waals surface area contributed by atoms with Crippen LogP contribution < -0.4 is 20.9 Å². The molecule has 2 aromatic heterocycles. The first kappa shape index (κ1) is 23.4. The van der Waals surface area contributed by atoms with Gasteiger partial charge in [0, 0.05) is 49.3 Å². The number of amides is 1. The molecule has 9 heteroatoms. The van der Waals surface area contributed by atoms with Gasteiger partial charge in [-0.25, -0.2) is 9.97 Å². The second-order valence-corrected chi connectivity index (χ2v) is 9.71. The number of morpholine rings is 1. The molecule has 1 amide bonds. The van der Waals surface area contributed by atoms with Crippen LogP contribution in [-0.2, 0) is 16.0 Å². The van der Waals surface area contributed by atoms with Gasteiger partial charge < -0.3 is 30.6 Å². The quantitative estimate of drug-likeness (QED) is 0.375. The Morgan fingerprint density at radius 3 is 2.68 bits per heavy atom. The van der Waals surface area contributed by atoms with Crippen molar-refractivity contribution in [2.75, 3.05) is 54.5 Å². The highest BCUT2D eigenvalue weighted by atomic mass is 16.5. The molecule has 190 valence electrons. The first-order valence-corrected chi connectivity index (χ1v) is 12.8. The number of anilines is 3. The number of hydrogen-bond donors (Lipinski definition) is 3. The Morgan fingerprint density at radius 1 is 1.05 bits per heavy atom. The fourth-order valence-electron chi connectivity index (χ4n) is 5.12. The molecule has 4 aromatic rings. The van der Waals surface area contributed by atoms with Gasteiger partial charge in [0.1, 0.15) is 17.8 Å². The highest BCUT2D eigenvalue weighted by molar-refractivity contribution is 5.94. The molecule has 0 saturated carbocycles. The van der Waals surface area contributed by atoms with E-state index in [1.807, 2.05) is 36.4 Å². The number of carbonyl (C=O) groups is 1. The minimum Gasteiger partial charge on any atom is -0.378 e. The summed E-state index contributed by atoms with van der Waals surface area (Å²) in [5, 5.41) is 4.02. The normalized spacial score (nSPS) is 17.9. The van der Waals surface area contributed by atoms with Crippen molar-refractivity contribution in [3.8, 4) is 11.3 Å². The van der Waals surface area contributed by atoms with E-state index in [-0.39, 0.29) is 11.9 Å². The monoisotopic (exact) mass is 497 g/mol. The number of H-pyrrole nitrogens is 1. The van der Waals surface area contributed by atoms with Gasteiger partial charge in [-0.3, -0.25) is 4.79 Å². The maximum absolute atomic E-state index is 12.7. The summed E-state index contributed by atoms with van der Waals surface area (Å²) in [5.41, 5.74) is 11.7. The van der Waals surface area contributed by atoms with Crippen LogP contribution in [0, 0.1) is 0 Å². The lowest BCUT2D eigenvalue weighted by Gasteiger charge is -2.27. The number of ether oxygens (including phenoxy) is 1. The zero-order valence-corrected chi connectivity index (χ0v) is 20.7. The summed E-state index contributed by atoms with van der Waals surface area (Å²) in [6.45, 7) is 4.86. The zero-order chi connectivity index (χ0) is 25.2. The van der Waals surface area contributed by atoms with Crippen molar-refractivity contribution in [1.82, 2.24) is 15.0 Å². The highest BCUT2D eigenvalue weighted by Gasteiger charge is 2.20. The van der Waals surface area contributed by atoms with Crippen molar-refractivity contribution in [1.29, 1.82) is 0 Å². The van der Waals surface area contributed by atoms with Gasteiger partial charge in [0.25, 0.3) is 0 Å². The van der Waals surface area contributed by atoms with Gasteiger partial charge >= 0.3 is 0 Å². The summed E-state index contributed by atoms with van der Waals surface area (Å²) in [5.74, 6) is 0.885. The molecule has 4 N–H and O–H groups in total. The van der Waals surface area contributed by atoms with E-state index in [2.05, 4.69) is 48.3 Å². The molecule has 6 rings (SSSR count). The van der Waals surface area contributed by atoms with Crippen LogP contribution in [0.5, 0.6) is 0 Å². The molecule has 2 saturated heterocycles. The molecule has 37 heavy (non-hydrogen) atoms. The zero-order valence-electron chi connectivity index (χ0n) is 20.7. The minimum atomic E-state index is -0.0425. The van der Waals surface area contributed by atoms with E-state index in [9.17, 15) is 4.79 Å². The number of aromatic amines is 1. The number of nitrogens with one attached hydrogen (secondary N) is 2. The van der Waals surface area contributed by atoms with E-state index in [0.29, 0.717) is 19.6 Å². The van der Waals surface area contributed by atoms with Gasteiger partial charge in [-0.2, -0.15) is 0 Å². The molecule has 2 fully saturated rings. The van der Waals surface area contributed by atoms with Crippen LogP contribution in [-0.4, -0.2) is 66.3 Å². The number of benzene rings is 2. The highest BCUT2D eigenvalue weighted by Crippen LogP contribution is 2.30. The Kier molecular flexibility index (Phi) is 6.46. The van der Waals surface area contributed by atoms with Crippen molar-refractivity contribution in [3.05, 3.63) is 66.5 Å². The number of fused-ring (bicyclic) bond motifs is 1. The van der Waals surface area contributed by atoms with Crippen molar-refractivity contribution in [2.24, 2.45) is 5.73 Å². The molecule has 0 spiro atoms. The van der Waals surface area contributed by atoms with Gasteiger partial charge in [0.15, 0.2) is 0 Å². The summed E-state index contributed by atoms with van der Waals surface area (Å²) < 4.78 is 5.48. The van der Waals surface area contributed by atoms with Crippen molar-refractivity contribution < 1.29 is 9.53 Å². The van der Waals surface area contributed by atoms with Crippen LogP contribution in [0.25, 0.3) is 22.3 Å². The number of nitrogens with zero attached hydrogens (tertiary/aromatic N) is 4. The van der Waals surface area contributed by atoms with E-state index in [0.717, 1.165) is 77.6 Å². The average Bonchev–Trinajstić information content (AvgIpc) is 3.56. The van der Waals surface area contributed by atoms with Gasteiger partial charge in [-0.1, -0.05) is 24.3 Å². The van der Waals surface area contributed by atoms with E-state index >= 15 is 0 Å². The number of hydrogen-bond acceptors (Lipinski definition) is 7. The lowest BCUT2D eigenvalue weighted by molar-refractivity contribution is -0.115. The summed E-state index contributed by atoms with van der Waals surface area (Å²) in [4.78, 5) is 29.6. The maximum atomic E-state index is 12.7. The average molecular weight is 498 g/mol. The Balaban J connectivity index is 1.12.